The Morgan fingerprint density at radius 2 is 1.68 bits per heavy atom. The van der Waals surface area contributed by atoms with Gasteiger partial charge in [-0.1, -0.05) is 52.3 Å². The summed E-state index contributed by atoms with van der Waals surface area (Å²) in [6.07, 6.45) is 1.64. The van der Waals surface area contributed by atoms with Crippen molar-refractivity contribution in [1.82, 2.24) is 15.2 Å². The lowest BCUT2D eigenvalue weighted by Gasteiger charge is -2.16. The standard InChI is InChI=1S/C21H16BrN3O2S/c1-12-15(10-16-19(26)23-21(28)24-20(16)27)14-7-3-5-9-18(14)25(12)11-13-6-2-4-8-17(13)22/h2-10H,11H2,1H3,(H2,23,24,26,27,28). The number of rotatable bonds is 3. The highest BCUT2D eigenvalue weighted by atomic mass is 79.9. The molecule has 0 saturated carbocycles. The lowest BCUT2D eigenvalue weighted by atomic mass is 10.1. The Kier molecular flexibility index (Phi) is 4.87. The van der Waals surface area contributed by atoms with Gasteiger partial charge < -0.3 is 4.57 Å². The first kappa shape index (κ1) is 18.6. The third kappa shape index (κ3) is 3.27. The van der Waals surface area contributed by atoms with Crippen LogP contribution in [0.3, 0.4) is 0 Å². The minimum absolute atomic E-state index is 0.0280. The molecule has 0 aliphatic carbocycles. The first-order chi connectivity index (χ1) is 13.5. The van der Waals surface area contributed by atoms with Gasteiger partial charge in [0, 0.05) is 33.2 Å². The molecule has 1 aromatic heterocycles. The maximum atomic E-state index is 12.3. The van der Waals surface area contributed by atoms with Gasteiger partial charge in [-0.25, -0.2) is 0 Å². The maximum absolute atomic E-state index is 12.3. The maximum Gasteiger partial charge on any atom is 0.263 e. The van der Waals surface area contributed by atoms with Crippen LogP contribution >= 0.6 is 28.1 Å². The van der Waals surface area contributed by atoms with Crippen molar-refractivity contribution in [2.45, 2.75) is 13.5 Å². The molecule has 0 unspecified atom stereocenters. The predicted octanol–water partition coefficient (Wildman–Crippen LogP) is 3.67. The summed E-state index contributed by atoms with van der Waals surface area (Å²) in [5, 5.41) is 5.97. The summed E-state index contributed by atoms with van der Waals surface area (Å²) >= 11 is 8.48. The Morgan fingerprint density at radius 1 is 1.04 bits per heavy atom. The van der Waals surface area contributed by atoms with Crippen molar-refractivity contribution in [1.29, 1.82) is 0 Å². The van der Waals surface area contributed by atoms with Crippen LogP contribution in [0.4, 0.5) is 0 Å². The van der Waals surface area contributed by atoms with Crippen LogP contribution in [0.5, 0.6) is 0 Å². The van der Waals surface area contributed by atoms with E-state index in [1.807, 2.05) is 49.4 Å². The Labute approximate surface area is 175 Å². The zero-order chi connectivity index (χ0) is 19.8. The van der Waals surface area contributed by atoms with Gasteiger partial charge in [-0.2, -0.15) is 0 Å². The third-order valence-electron chi connectivity index (χ3n) is 4.80. The molecule has 140 valence electrons. The monoisotopic (exact) mass is 453 g/mol. The van der Waals surface area contributed by atoms with E-state index in [4.69, 9.17) is 12.2 Å². The molecule has 7 heteroatoms. The van der Waals surface area contributed by atoms with E-state index in [9.17, 15) is 9.59 Å². The molecule has 5 nitrogen and oxygen atoms in total. The average molecular weight is 454 g/mol. The summed E-state index contributed by atoms with van der Waals surface area (Å²) in [5.41, 5.74) is 4.04. The van der Waals surface area contributed by atoms with Gasteiger partial charge >= 0.3 is 0 Å². The molecular weight excluding hydrogens is 438 g/mol. The van der Waals surface area contributed by atoms with E-state index in [1.165, 1.54) is 0 Å². The van der Waals surface area contributed by atoms with Crippen molar-refractivity contribution in [3.63, 3.8) is 0 Å². The summed E-state index contributed by atoms with van der Waals surface area (Å²) < 4.78 is 3.22. The van der Waals surface area contributed by atoms with Crippen molar-refractivity contribution < 1.29 is 9.59 Å². The van der Waals surface area contributed by atoms with Crippen LogP contribution in [0.25, 0.3) is 17.0 Å². The minimum Gasteiger partial charge on any atom is -0.340 e. The number of aromatic nitrogens is 1. The first-order valence-corrected chi connectivity index (χ1v) is 9.85. The van der Waals surface area contributed by atoms with Crippen LogP contribution in [0.15, 0.2) is 58.6 Å². The van der Waals surface area contributed by atoms with E-state index in [0.717, 1.165) is 32.2 Å². The van der Waals surface area contributed by atoms with E-state index in [2.05, 4.69) is 37.2 Å². The smallest absolute Gasteiger partial charge is 0.263 e. The van der Waals surface area contributed by atoms with Crippen LogP contribution < -0.4 is 10.6 Å². The third-order valence-corrected chi connectivity index (χ3v) is 5.78. The van der Waals surface area contributed by atoms with E-state index in [-0.39, 0.29) is 10.7 Å². The summed E-state index contributed by atoms with van der Waals surface area (Å²) in [6, 6.07) is 16.0. The highest BCUT2D eigenvalue weighted by Crippen LogP contribution is 2.30. The molecule has 0 spiro atoms. The fourth-order valence-corrected chi connectivity index (χ4v) is 3.99. The lowest BCUT2D eigenvalue weighted by molar-refractivity contribution is -0.123. The lowest BCUT2D eigenvalue weighted by Crippen LogP contribution is -2.51. The van der Waals surface area contributed by atoms with E-state index >= 15 is 0 Å². The van der Waals surface area contributed by atoms with Crippen molar-refractivity contribution in [3.05, 3.63) is 75.4 Å². The molecule has 2 amide bonds. The molecule has 2 N–H and O–H groups in total. The van der Waals surface area contributed by atoms with Crippen molar-refractivity contribution >= 4 is 62.1 Å². The number of halogens is 1. The van der Waals surface area contributed by atoms with Gasteiger partial charge in [0.05, 0.1) is 0 Å². The summed E-state index contributed by atoms with van der Waals surface area (Å²) in [5.74, 6) is -0.980. The SMILES string of the molecule is Cc1c(C=C2C(=O)NC(=S)NC2=O)c2ccccc2n1Cc1ccccc1Br. The van der Waals surface area contributed by atoms with Gasteiger partial charge in [0.1, 0.15) is 5.57 Å². The van der Waals surface area contributed by atoms with E-state index < -0.39 is 11.8 Å². The number of nitrogens with one attached hydrogen (secondary N) is 2. The number of nitrogens with zero attached hydrogens (tertiary/aromatic N) is 1. The Bertz CT molecular complexity index is 1160. The van der Waals surface area contributed by atoms with E-state index in [1.54, 1.807) is 6.08 Å². The molecule has 1 aliphatic rings. The molecule has 1 saturated heterocycles. The topological polar surface area (TPSA) is 63.1 Å². The van der Waals surface area contributed by atoms with Crippen molar-refractivity contribution in [3.8, 4) is 0 Å². The molecular formula is C21H16BrN3O2S. The first-order valence-electron chi connectivity index (χ1n) is 8.65. The fraction of sp³-hybridized carbons (Fsp3) is 0.0952. The Hall–Kier alpha value is -2.77. The van der Waals surface area contributed by atoms with Gasteiger partial charge in [0.15, 0.2) is 5.11 Å². The molecule has 0 atom stereocenters. The molecule has 4 rings (SSSR count). The minimum atomic E-state index is -0.490. The molecule has 2 aromatic carbocycles. The number of carbonyl (C=O) groups excluding carboxylic acids is 2. The second-order valence-electron chi connectivity index (χ2n) is 6.49. The largest absolute Gasteiger partial charge is 0.340 e. The Morgan fingerprint density at radius 3 is 2.39 bits per heavy atom. The number of thiocarbonyl (C=S) groups is 1. The molecule has 0 radical (unpaired) electrons. The molecule has 2 heterocycles. The van der Waals surface area contributed by atoms with Crippen LogP contribution in [0, 0.1) is 6.92 Å². The van der Waals surface area contributed by atoms with Crippen LogP contribution in [-0.2, 0) is 16.1 Å². The van der Waals surface area contributed by atoms with Gasteiger partial charge in [-0.3, -0.25) is 20.2 Å². The van der Waals surface area contributed by atoms with Crippen molar-refractivity contribution in [2.24, 2.45) is 0 Å². The van der Waals surface area contributed by atoms with Gasteiger partial charge in [-0.15, -0.1) is 0 Å². The van der Waals surface area contributed by atoms with Crippen LogP contribution in [0.1, 0.15) is 16.8 Å². The second kappa shape index (κ2) is 7.33. The van der Waals surface area contributed by atoms with Gasteiger partial charge in [0.2, 0.25) is 0 Å². The number of amides is 2. The molecule has 28 heavy (non-hydrogen) atoms. The number of fused-ring (bicyclic) bond motifs is 1. The quantitative estimate of drug-likeness (QED) is 0.361. The molecule has 1 fully saturated rings. The van der Waals surface area contributed by atoms with Crippen LogP contribution in [0.2, 0.25) is 0 Å². The molecule has 3 aromatic rings. The highest BCUT2D eigenvalue weighted by molar-refractivity contribution is 9.10. The summed E-state index contributed by atoms with van der Waals surface area (Å²) in [6.45, 7) is 2.66. The van der Waals surface area contributed by atoms with Gasteiger partial charge in [-0.05, 0) is 42.9 Å². The zero-order valence-electron chi connectivity index (χ0n) is 15.0. The number of para-hydroxylation sites is 1. The van der Waals surface area contributed by atoms with Crippen molar-refractivity contribution in [2.75, 3.05) is 0 Å². The average Bonchev–Trinajstić information content (AvgIpc) is 2.92. The predicted molar refractivity (Wildman–Crippen MR) is 117 cm³/mol. The highest BCUT2D eigenvalue weighted by Gasteiger charge is 2.26. The number of hydrogen-bond acceptors (Lipinski definition) is 3. The van der Waals surface area contributed by atoms with Gasteiger partial charge in [0.25, 0.3) is 11.8 Å². The molecule has 0 bridgehead atoms. The second-order valence-corrected chi connectivity index (χ2v) is 7.75. The Balaban J connectivity index is 1.87. The number of benzene rings is 2. The van der Waals surface area contributed by atoms with Crippen LogP contribution in [-0.4, -0.2) is 21.5 Å². The normalized spacial score (nSPS) is 14.2. The van der Waals surface area contributed by atoms with E-state index in [0.29, 0.717) is 6.54 Å². The fourth-order valence-electron chi connectivity index (χ4n) is 3.39. The zero-order valence-corrected chi connectivity index (χ0v) is 17.4. The number of hydrogen-bond donors (Lipinski definition) is 2. The summed E-state index contributed by atoms with van der Waals surface area (Å²) in [4.78, 5) is 24.5. The summed E-state index contributed by atoms with van der Waals surface area (Å²) in [7, 11) is 0. The molecule has 1 aliphatic heterocycles. The number of carbonyl (C=O) groups is 2.